The summed E-state index contributed by atoms with van der Waals surface area (Å²) in [7, 11) is 0. The van der Waals surface area contributed by atoms with Gasteiger partial charge in [-0.1, -0.05) is 0 Å². The molecule has 13 heavy (non-hydrogen) atoms. The van der Waals surface area contributed by atoms with Gasteiger partial charge in [0.2, 0.25) is 0 Å². The molecule has 0 atom stereocenters. The van der Waals surface area contributed by atoms with Gasteiger partial charge in [-0.3, -0.25) is 4.84 Å². The quantitative estimate of drug-likeness (QED) is 0.720. The third kappa shape index (κ3) is 1.54. The second-order valence-electron chi connectivity index (χ2n) is 2.71. The third-order valence-electron chi connectivity index (χ3n) is 1.76. The first-order valence-electron chi connectivity index (χ1n) is 3.79. The van der Waals surface area contributed by atoms with Crippen LogP contribution in [0.15, 0.2) is 28.7 Å². The molecule has 0 aliphatic rings. The molecule has 4 heteroatoms. The number of hydrogen-bond acceptors (Lipinski definition) is 3. The van der Waals surface area contributed by atoms with Gasteiger partial charge in [0.15, 0.2) is 0 Å². The summed E-state index contributed by atoms with van der Waals surface area (Å²) in [6, 6.07) is 6.12. The third-order valence-corrected chi connectivity index (χ3v) is 1.76. The Morgan fingerprint density at radius 1 is 1.38 bits per heavy atom. The molecule has 0 aliphatic carbocycles. The van der Waals surface area contributed by atoms with Crippen LogP contribution in [-0.2, 0) is 11.4 Å². The smallest absolute Gasteiger partial charge is 0.137 e. The number of nitrogens with two attached hydrogens (primary N) is 1. The second-order valence-corrected chi connectivity index (χ2v) is 2.71. The summed E-state index contributed by atoms with van der Waals surface area (Å²) < 4.78 is 18.0. The summed E-state index contributed by atoms with van der Waals surface area (Å²) in [6.45, 7) is 0.191. The number of hydrogen-bond donors (Lipinski definition) is 1. The van der Waals surface area contributed by atoms with E-state index in [-0.39, 0.29) is 12.4 Å². The molecule has 1 heterocycles. The van der Waals surface area contributed by atoms with Crippen molar-refractivity contribution in [1.29, 1.82) is 0 Å². The molecule has 0 radical (unpaired) electrons. The van der Waals surface area contributed by atoms with E-state index in [2.05, 4.69) is 4.84 Å². The zero-order valence-corrected chi connectivity index (χ0v) is 6.79. The van der Waals surface area contributed by atoms with E-state index in [4.69, 9.17) is 10.3 Å². The fourth-order valence-electron chi connectivity index (χ4n) is 1.21. The molecule has 2 rings (SSSR count). The van der Waals surface area contributed by atoms with Gasteiger partial charge in [-0.05, 0) is 18.2 Å². The Balaban J connectivity index is 2.49. The van der Waals surface area contributed by atoms with Gasteiger partial charge in [0.1, 0.15) is 23.8 Å². The van der Waals surface area contributed by atoms with Gasteiger partial charge in [0, 0.05) is 11.5 Å². The molecule has 0 unspecified atom stereocenters. The molecule has 68 valence electrons. The van der Waals surface area contributed by atoms with Crippen molar-refractivity contribution >= 4 is 11.0 Å². The molecule has 0 bridgehead atoms. The minimum Gasteiger partial charge on any atom is -0.458 e. The van der Waals surface area contributed by atoms with Crippen LogP contribution in [0.2, 0.25) is 0 Å². The van der Waals surface area contributed by atoms with E-state index >= 15 is 0 Å². The predicted molar refractivity (Wildman–Crippen MR) is 45.1 cm³/mol. The average Bonchev–Trinajstić information content (AvgIpc) is 2.46. The first-order chi connectivity index (χ1) is 6.29. The molecule has 2 aromatic rings. The van der Waals surface area contributed by atoms with Crippen LogP contribution in [0.3, 0.4) is 0 Å². The summed E-state index contributed by atoms with van der Waals surface area (Å²) in [6.07, 6.45) is 0. The van der Waals surface area contributed by atoms with Crippen molar-refractivity contribution in [2.75, 3.05) is 0 Å². The van der Waals surface area contributed by atoms with Gasteiger partial charge < -0.3 is 4.42 Å². The van der Waals surface area contributed by atoms with Crippen LogP contribution < -0.4 is 5.90 Å². The Morgan fingerprint density at radius 3 is 3.00 bits per heavy atom. The zero-order valence-electron chi connectivity index (χ0n) is 6.79. The van der Waals surface area contributed by atoms with E-state index in [1.54, 1.807) is 12.1 Å². The van der Waals surface area contributed by atoms with Crippen LogP contribution in [0.4, 0.5) is 4.39 Å². The van der Waals surface area contributed by atoms with Crippen molar-refractivity contribution in [3.63, 3.8) is 0 Å². The first kappa shape index (κ1) is 8.22. The SMILES string of the molecule is NOCc1cc2ccc(F)cc2o1. The molecule has 0 spiro atoms. The Morgan fingerprint density at radius 2 is 2.23 bits per heavy atom. The van der Waals surface area contributed by atoms with Crippen LogP contribution in [0, 0.1) is 5.82 Å². The molecule has 0 aliphatic heterocycles. The largest absolute Gasteiger partial charge is 0.458 e. The maximum absolute atomic E-state index is 12.7. The number of rotatable bonds is 2. The molecular formula is C9H8FNO2. The van der Waals surface area contributed by atoms with Crippen LogP contribution in [0.1, 0.15) is 5.76 Å². The van der Waals surface area contributed by atoms with Crippen molar-refractivity contribution in [2.24, 2.45) is 5.90 Å². The minimum atomic E-state index is -0.318. The molecule has 0 saturated carbocycles. The fraction of sp³-hybridized carbons (Fsp3) is 0.111. The van der Waals surface area contributed by atoms with Crippen molar-refractivity contribution in [2.45, 2.75) is 6.61 Å². The Bertz CT molecular complexity index is 424. The Kier molecular flexibility index (Phi) is 2.00. The first-order valence-corrected chi connectivity index (χ1v) is 3.79. The molecule has 0 amide bonds. The lowest BCUT2D eigenvalue weighted by Crippen LogP contribution is -1.96. The molecule has 0 saturated heterocycles. The van der Waals surface area contributed by atoms with Gasteiger partial charge in [-0.2, -0.15) is 0 Å². The summed E-state index contributed by atoms with van der Waals surface area (Å²) in [5, 5.41) is 0.841. The average molecular weight is 181 g/mol. The molecule has 2 N–H and O–H groups in total. The van der Waals surface area contributed by atoms with E-state index in [9.17, 15) is 4.39 Å². The van der Waals surface area contributed by atoms with Crippen molar-refractivity contribution in [3.8, 4) is 0 Å². The Labute approximate surface area is 73.8 Å². The van der Waals surface area contributed by atoms with Crippen molar-refractivity contribution in [1.82, 2.24) is 0 Å². The van der Waals surface area contributed by atoms with Crippen LogP contribution in [-0.4, -0.2) is 0 Å². The normalized spacial score (nSPS) is 10.9. The number of benzene rings is 1. The standard InChI is InChI=1S/C9H8FNO2/c10-7-2-1-6-3-8(5-12-11)13-9(6)4-7/h1-4H,5,11H2. The van der Waals surface area contributed by atoms with E-state index in [1.165, 1.54) is 12.1 Å². The molecule has 1 aromatic carbocycles. The van der Waals surface area contributed by atoms with Gasteiger partial charge in [0.25, 0.3) is 0 Å². The van der Waals surface area contributed by atoms with Gasteiger partial charge in [-0.15, -0.1) is 0 Å². The molecule has 0 fully saturated rings. The summed E-state index contributed by atoms with van der Waals surface area (Å²) in [5.41, 5.74) is 0.507. The fourth-order valence-corrected chi connectivity index (χ4v) is 1.21. The van der Waals surface area contributed by atoms with Crippen molar-refractivity contribution in [3.05, 3.63) is 35.8 Å². The highest BCUT2D eigenvalue weighted by atomic mass is 19.1. The van der Waals surface area contributed by atoms with Crippen LogP contribution >= 0.6 is 0 Å². The lowest BCUT2D eigenvalue weighted by molar-refractivity contribution is 0.110. The Hall–Kier alpha value is -1.39. The minimum absolute atomic E-state index is 0.191. The van der Waals surface area contributed by atoms with Crippen LogP contribution in [0.25, 0.3) is 11.0 Å². The summed E-state index contributed by atoms with van der Waals surface area (Å²) in [4.78, 5) is 4.40. The van der Waals surface area contributed by atoms with E-state index in [0.717, 1.165) is 5.39 Å². The van der Waals surface area contributed by atoms with Gasteiger partial charge in [0.05, 0.1) is 0 Å². The van der Waals surface area contributed by atoms with E-state index < -0.39 is 0 Å². The maximum atomic E-state index is 12.7. The zero-order chi connectivity index (χ0) is 9.26. The lowest BCUT2D eigenvalue weighted by atomic mass is 10.2. The van der Waals surface area contributed by atoms with Gasteiger partial charge >= 0.3 is 0 Å². The predicted octanol–water partition coefficient (Wildman–Crippen LogP) is 1.96. The molecule has 1 aromatic heterocycles. The van der Waals surface area contributed by atoms with Crippen LogP contribution in [0.5, 0.6) is 0 Å². The highest BCUT2D eigenvalue weighted by Gasteiger charge is 2.03. The number of furan rings is 1. The van der Waals surface area contributed by atoms with E-state index in [1.807, 2.05) is 0 Å². The number of halogens is 1. The van der Waals surface area contributed by atoms with Crippen molar-refractivity contribution < 1.29 is 13.6 Å². The topological polar surface area (TPSA) is 48.4 Å². The molecule has 3 nitrogen and oxygen atoms in total. The monoisotopic (exact) mass is 181 g/mol. The number of fused-ring (bicyclic) bond motifs is 1. The second kappa shape index (κ2) is 3.16. The van der Waals surface area contributed by atoms with Gasteiger partial charge in [-0.25, -0.2) is 10.3 Å². The molecular weight excluding hydrogens is 173 g/mol. The maximum Gasteiger partial charge on any atom is 0.137 e. The highest BCUT2D eigenvalue weighted by Crippen LogP contribution is 2.20. The lowest BCUT2D eigenvalue weighted by Gasteiger charge is -1.89. The van der Waals surface area contributed by atoms with E-state index in [0.29, 0.717) is 11.3 Å². The highest BCUT2D eigenvalue weighted by molar-refractivity contribution is 5.77. The summed E-state index contributed by atoms with van der Waals surface area (Å²) >= 11 is 0. The summed E-state index contributed by atoms with van der Waals surface area (Å²) in [5.74, 6) is 5.15.